The number of methoxy groups -OCH3 is 1. The van der Waals surface area contributed by atoms with Crippen molar-refractivity contribution in [2.24, 2.45) is 0 Å². The van der Waals surface area contributed by atoms with Gasteiger partial charge in [-0.25, -0.2) is 4.98 Å². The molecule has 4 aromatic rings. The first kappa shape index (κ1) is 18.0. The molecule has 1 aliphatic heterocycles. The molecule has 5 rings (SSSR count). The Bertz CT molecular complexity index is 1270. The van der Waals surface area contributed by atoms with Gasteiger partial charge in [-0.3, -0.25) is 4.79 Å². The third-order valence-electron chi connectivity index (χ3n) is 5.54. The highest BCUT2D eigenvalue weighted by Crippen LogP contribution is 2.38. The van der Waals surface area contributed by atoms with Crippen molar-refractivity contribution in [2.45, 2.75) is 0 Å². The van der Waals surface area contributed by atoms with Crippen LogP contribution < -0.4 is 20.9 Å². The molecule has 4 heterocycles. The van der Waals surface area contributed by atoms with Gasteiger partial charge in [0.2, 0.25) is 0 Å². The minimum atomic E-state index is -0.266. The number of piperazine rings is 1. The largest absolute Gasteiger partial charge is 0.495 e. The molecular weight excluding hydrogens is 388 g/mol. The van der Waals surface area contributed by atoms with Crippen LogP contribution in [0.5, 0.6) is 5.75 Å². The highest BCUT2D eigenvalue weighted by Gasteiger charge is 2.20. The smallest absolute Gasteiger partial charge is 0.262 e. The monoisotopic (exact) mass is 410 g/mol. The maximum atomic E-state index is 12.7. The number of thiophene rings is 1. The molecule has 8 nitrogen and oxygen atoms in total. The molecule has 0 saturated carbocycles. The number of ether oxygens (including phenoxy) is 1. The molecule has 29 heavy (non-hydrogen) atoms. The molecule has 4 N–H and O–H groups in total. The van der Waals surface area contributed by atoms with Crippen LogP contribution in [0, 0.1) is 0 Å². The lowest BCUT2D eigenvalue weighted by Gasteiger charge is -2.34. The number of pyridine rings is 1. The minimum Gasteiger partial charge on any atom is -0.495 e. The van der Waals surface area contributed by atoms with Crippen molar-refractivity contribution < 1.29 is 4.74 Å². The van der Waals surface area contributed by atoms with Gasteiger partial charge in [0.25, 0.3) is 5.56 Å². The van der Waals surface area contributed by atoms with Crippen LogP contribution in [-0.4, -0.2) is 60.2 Å². The van der Waals surface area contributed by atoms with Gasteiger partial charge in [0.1, 0.15) is 22.0 Å². The molecular formula is C20H22N6O2S. The van der Waals surface area contributed by atoms with E-state index < -0.39 is 0 Å². The molecule has 0 radical (unpaired) electrons. The standard InChI is InChI=1S/C20H22N6O2S/c1-25-5-7-26(8-6-25)11-3-4-12-13(9-11)23-18(22-12)16-17(21)15-14(28-2)10-29-20(15)24-19(16)27/h3-4,9-10H,5-8H2,1-2H3,(H,22,23)(H3,21,24,27). The van der Waals surface area contributed by atoms with E-state index in [1.54, 1.807) is 7.11 Å². The Kier molecular flexibility index (Phi) is 4.21. The van der Waals surface area contributed by atoms with E-state index in [2.05, 4.69) is 43.9 Å². The predicted octanol–water partition coefficient (Wildman–Crippen LogP) is 2.48. The van der Waals surface area contributed by atoms with E-state index in [4.69, 9.17) is 10.5 Å². The number of anilines is 2. The van der Waals surface area contributed by atoms with E-state index in [0.29, 0.717) is 33.0 Å². The number of likely N-dealkylation sites (N-methyl/N-ethyl adjacent to an activating group) is 1. The molecule has 0 aliphatic carbocycles. The first-order valence-corrected chi connectivity index (χ1v) is 10.3. The lowest BCUT2D eigenvalue weighted by Crippen LogP contribution is -2.44. The Balaban J connectivity index is 1.60. The fraction of sp³-hybridized carbons (Fsp3) is 0.300. The van der Waals surface area contributed by atoms with Crippen molar-refractivity contribution in [3.63, 3.8) is 0 Å². The predicted molar refractivity (Wildman–Crippen MR) is 118 cm³/mol. The molecule has 150 valence electrons. The number of nitrogen functional groups attached to an aromatic ring is 1. The van der Waals surface area contributed by atoms with Gasteiger partial charge in [-0.05, 0) is 25.2 Å². The second kappa shape index (κ2) is 6.78. The quantitative estimate of drug-likeness (QED) is 0.479. The zero-order valence-electron chi connectivity index (χ0n) is 16.3. The van der Waals surface area contributed by atoms with Gasteiger partial charge >= 0.3 is 0 Å². The molecule has 1 saturated heterocycles. The van der Waals surface area contributed by atoms with Gasteiger partial charge in [0, 0.05) is 37.2 Å². The lowest BCUT2D eigenvalue weighted by atomic mass is 10.1. The third-order valence-corrected chi connectivity index (χ3v) is 6.41. The molecule has 0 amide bonds. The van der Waals surface area contributed by atoms with Crippen LogP contribution in [0.4, 0.5) is 11.4 Å². The Labute approximate surface area is 170 Å². The zero-order valence-corrected chi connectivity index (χ0v) is 17.1. The summed E-state index contributed by atoms with van der Waals surface area (Å²) in [5.41, 5.74) is 9.67. The van der Waals surface area contributed by atoms with Crippen molar-refractivity contribution in [1.29, 1.82) is 0 Å². The number of imidazole rings is 1. The van der Waals surface area contributed by atoms with Crippen LogP contribution in [0.1, 0.15) is 0 Å². The van der Waals surface area contributed by atoms with E-state index in [1.165, 1.54) is 11.3 Å². The van der Waals surface area contributed by atoms with Crippen molar-refractivity contribution in [2.75, 3.05) is 51.0 Å². The number of hydrogen-bond donors (Lipinski definition) is 3. The van der Waals surface area contributed by atoms with Crippen molar-refractivity contribution in [3.05, 3.63) is 33.9 Å². The van der Waals surface area contributed by atoms with E-state index >= 15 is 0 Å². The SMILES string of the molecule is COc1csc2[nH]c(=O)c(-c3nc4ccc(N5CCN(C)CC5)cc4[nH]3)c(N)c12. The van der Waals surface area contributed by atoms with E-state index in [1.807, 2.05) is 11.4 Å². The molecule has 1 aliphatic rings. The van der Waals surface area contributed by atoms with Crippen molar-refractivity contribution in [1.82, 2.24) is 19.9 Å². The maximum absolute atomic E-state index is 12.7. The number of fused-ring (bicyclic) bond motifs is 2. The Morgan fingerprint density at radius 1 is 1.21 bits per heavy atom. The molecule has 3 aromatic heterocycles. The summed E-state index contributed by atoms with van der Waals surface area (Å²) in [7, 11) is 3.73. The Morgan fingerprint density at radius 2 is 2.00 bits per heavy atom. The Hall–Kier alpha value is -3.04. The average molecular weight is 411 g/mol. The average Bonchev–Trinajstić information content (AvgIpc) is 3.31. The highest BCUT2D eigenvalue weighted by atomic mass is 32.1. The summed E-state index contributed by atoms with van der Waals surface area (Å²) in [6.07, 6.45) is 0. The minimum absolute atomic E-state index is 0.266. The fourth-order valence-corrected chi connectivity index (χ4v) is 4.78. The molecule has 0 spiro atoms. The number of H-pyrrole nitrogens is 2. The van der Waals surface area contributed by atoms with Gasteiger partial charge in [-0.15, -0.1) is 11.3 Å². The van der Waals surface area contributed by atoms with Crippen LogP contribution in [0.25, 0.3) is 32.6 Å². The maximum Gasteiger partial charge on any atom is 0.262 e. The van der Waals surface area contributed by atoms with E-state index in [-0.39, 0.29) is 5.56 Å². The second-order valence-corrected chi connectivity index (χ2v) is 8.21. The van der Waals surface area contributed by atoms with E-state index in [9.17, 15) is 4.79 Å². The highest BCUT2D eigenvalue weighted by molar-refractivity contribution is 7.17. The fourth-order valence-electron chi connectivity index (χ4n) is 3.86. The number of aromatic amines is 2. The normalized spacial score (nSPS) is 15.4. The van der Waals surface area contributed by atoms with Crippen LogP contribution in [-0.2, 0) is 0 Å². The lowest BCUT2D eigenvalue weighted by molar-refractivity contribution is 0.313. The summed E-state index contributed by atoms with van der Waals surface area (Å²) in [6, 6.07) is 6.15. The summed E-state index contributed by atoms with van der Waals surface area (Å²) >= 11 is 1.39. The van der Waals surface area contributed by atoms with Gasteiger partial charge < -0.3 is 30.2 Å². The van der Waals surface area contributed by atoms with Gasteiger partial charge in [-0.2, -0.15) is 0 Å². The van der Waals surface area contributed by atoms with Crippen LogP contribution >= 0.6 is 11.3 Å². The number of nitrogens with one attached hydrogen (secondary N) is 2. The Morgan fingerprint density at radius 3 is 2.76 bits per heavy atom. The van der Waals surface area contributed by atoms with Gasteiger partial charge in [0.05, 0.1) is 29.2 Å². The number of nitrogens with zero attached hydrogens (tertiary/aromatic N) is 3. The summed E-state index contributed by atoms with van der Waals surface area (Å²) in [6.45, 7) is 4.07. The molecule has 9 heteroatoms. The van der Waals surface area contributed by atoms with Gasteiger partial charge in [0.15, 0.2) is 0 Å². The van der Waals surface area contributed by atoms with Crippen LogP contribution in [0.2, 0.25) is 0 Å². The molecule has 0 bridgehead atoms. The molecule has 0 unspecified atom stereocenters. The molecule has 1 aromatic carbocycles. The number of hydrogen-bond acceptors (Lipinski definition) is 7. The van der Waals surface area contributed by atoms with Gasteiger partial charge in [-0.1, -0.05) is 0 Å². The topological polar surface area (TPSA) is 103 Å². The molecule has 0 atom stereocenters. The molecule has 1 fully saturated rings. The zero-order chi connectivity index (χ0) is 20.1. The van der Waals surface area contributed by atoms with Crippen LogP contribution in [0.15, 0.2) is 28.4 Å². The number of benzene rings is 1. The number of rotatable bonds is 3. The van der Waals surface area contributed by atoms with Crippen molar-refractivity contribution in [3.8, 4) is 17.1 Å². The summed E-state index contributed by atoms with van der Waals surface area (Å²) in [5, 5.41) is 2.55. The van der Waals surface area contributed by atoms with E-state index in [0.717, 1.165) is 42.9 Å². The number of aromatic nitrogens is 3. The summed E-state index contributed by atoms with van der Waals surface area (Å²) < 4.78 is 5.40. The number of nitrogens with two attached hydrogens (primary N) is 1. The summed E-state index contributed by atoms with van der Waals surface area (Å²) in [5.74, 6) is 1.11. The van der Waals surface area contributed by atoms with Crippen molar-refractivity contribution >= 4 is 44.0 Å². The van der Waals surface area contributed by atoms with Crippen LogP contribution in [0.3, 0.4) is 0 Å². The summed E-state index contributed by atoms with van der Waals surface area (Å²) in [4.78, 5) is 28.9. The first-order chi connectivity index (χ1) is 14.0. The second-order valence-electron chi connectivity index (χ2n) is 7.33. The third kappa shape index (κ3) is 2.93. The first-order valence-electron chi connectivity index (χ1n) is 9.45.